The fraction of sp³-hybridized carbons (Fsp3) is 0.233. The lowest BCUT2D eigenvalue weighted by atomic mass is 9.33. The summed E-state index contributed by atoms with van der Waals surface area (Å²) < 4.78 is 151. The summed E-state index contributed by atoms with van der Waals surface area (Å²) in [5.41, 5.74) is 16.1. The van der Waals surface area contributed by atoms with Crippen LogP contribution in [0.5, 0.6) is 0 Å². The van der Waals surface area contributed by atoms with Crippen LogP contribution in [0.4, 0.5) is 34.1 Å². The van der Waals surface area contributed by atoms with Gasteiger partial charge in [-0.15, -0.1) is 0 Å². The minimum atomic E-state index is -0.638. The Morgan fingerprint density at radius 3 is 0.846 bits per heavy atom. The molecule has 0 unspecified atom stereocenters. The van der Waals surface area contributed by atoms with Gasteiger partial charge in [0, 0.05) is 67.0 Å². The summed E-state index contributed by atoms with van der Waals surface area (Å²) >= 11 is 0. The minimum absolute atomic E-state index is 0.0250. The van der Waals surface area contributed by atoms with Crippen LogP contribution in [0.25, 0.3) is 77.2 Å². The molecule has 15 rings (SSSR count). The van der Waals surface area contributed by atoms with E-state index in [1.165, 1.54) is 22.3 Å². The predicted molar refractivity (Wildman–Crippen MR) is 394 cm³/mol. The number of hydrogen-bond acceptors (Lipinski definition) is 2. The topological polar surface area (TPSA) is 16.3 Å². The van der Waals surface area contributed by atoms with Crippen LogP contribution in [0.3, 0.4) is 0 Å². The van der Waals surface area contributed by atoms with Crippen LogP contribution >= 0.6 is 0 Å². The molecular weight excluding hydrogens is 1100 g/mol. The van der Waals surface area contributed by atoms with E-state index in [4.69, 9.17) is 11.0 Å². The summed E-state index contributed by atoms with van der Waals surface area (Å²) in [6, 6.07) is 38.8. The van der Waals surface area contributed by atoms with Crippen molar-refractivity contribution in [2.75, 3.05) is 9.80 Å². The summed E-state index contributed by atoms with van der Waals surface area (Å²) in [6.45, 7) is 32.5. The lowest BCUT2D eigenvalue weighted by Gasteiger charge is -2.45. The zero-order valence-electron chi connectivity index (χ0n) is 70.6. The molecule has 5 heteroatoms. The van der Waals surface area contributed by atoms with Gasteiger partial charge in [0.1, 0.15) is 0 Å². The SMILES string of the molecule is [2H]c1c([2H])c([2H])c2c(c1[2H])c1c([2H])c([2H])c([2H])c([2H])c1n2-c1ccc2c(c1)N(c1ccc(-c3cc(C(C)(C)C)cc(C(C)(C)C)c3)cc1)c1cc(C(C)(C)C)cc3c1B2c1ccc(-n2c4c([2H])c([2H])c([2H])c([2H])c4c4c([2H])c([2H])c([2H])c([2H])c42)cc1N3c1ccc(-c2cc(C(C)(C)C)cc(C(C)(C)C)c2)cc1. The monoisotopic (exact) mass is 1200 g/mol. The molecule has 0 saturated carbocycles. The number of rotatable bonds is 6. The van der Waals surface area contributed by atoms with E-state index < -0.39 is 109 Å². The standard InChI is InChI=1S/C86H83BN4/c1-82(2,3)58-44-56(45-59(48-58)83(4,5)6)54-32-36-63(37-33-54)88-77-52-65(90-73-28-20-16-24-67(73)68-25-17-21-29-74(68)90)40-42-71(77)87-72-43-41-66(91-75-30-22-18-26-69(75)70-27-19-23-31-76(70)91)53-78(72)89(80-51-62(86(13,14)15)50-79(88)81(80)87)64-38-34-55(35-39-64)57-46-60(84(7,8)9)49-61(47-57)85(10,11)12/h16-53H,1-15H3/i16D,17D,18D,19D,20D,21D,22D,23D,24D,25D,26D,27D,28D,29D,30D,31D. The number of fused-ring (bicyclic) bond motifs is 10. The zero-order valence-corrected chi connectivity index (χ0v) is 54.6. The molecule has 0 atom stereocenters. The third-order valence-corrected chi connectivity index (χ3v) is 18.7. The Hall–Kier alpha value is -9.32. The molecule has 0 N–H and O–H groups in total. The Kier molecular flexibility index (Phi) is 9.65. The van der Waals surface area contributed by atoms with Crippen molar-refractivity contribution < 1.29 is 21.9 Å². The first-order valence-electron chi connectivity index (χ1n) is 39.5. The number of benzene rings is 11. The lowest BCUT2D eigenvalue weighted by Crippen LogP contribution is -2.61. The van der Waals surface area contributed by atoms with Gasteiger partial charge in [0.2, 0.25) is 0 Å². The second-order valence-electron chi connectivity index (χ2n) is 30.0. The van der Waals surface area contributed by atoms with E-state index in [1.807, 2.05) is 36.4 Å². The highest BCUT2D eigenvalue weighted by Gasteiger charge is 2.45. The van der Waals surface area contributed by atoms with Crippen LogP contribution in [0.1, 0.15) is 154 Å². The number of nitrogens with zero attached hydrogens (tertiary/aromatic N) is 4. The summed E-state index contributed by atoms with van der Waals surface area (Å²) in [7, 11) is 0. The summed E-state index contributed by atoms with van der Waals surface area (Å²) in [4.78, 5) is 4.46. The van der Waals surface area contributed by atoms with E-state index in [0.29, 0.717) is 22.7 Å². The van der Waals surface area contributed by atoms with Gasteiger partial charge in [-0.25, -0.2) is 0 Å². The first kappa shape index (κ1) is 42.6. The lowest BCUT2D eigenvalue weighted by molar-refractivity contribution is 0.568. The van der Waals surface area contributed by atoms with Crippen molar-refractivity contribution in [3.8, 4) is 33.6 Å². The Bertz CT molecular complexity index is 5480. The van der Waals surface area contributed by atoms with Gasteiger partial charge in [-0.1, -0.05) is 249 Å². The molecule has 4 nitrogen and oxygen atoms in total. The Morgan fingerprint density at radius 1 is 0.275 bits per heavy atom. The fourth-order valence-corrected chi connectivity index (χ4v) is 13.5. The number of anilines is 6. The van der Waals surface area contributed by atoms with E-state index in [2.05, 4.69) is 211 Å². The van der Waals surface area contributed by atoms with Gasteiger partial charge in [-0.2, -0.15) is 0 Å². The molecule has 0 aliphatic carbocycles. The number of para-hydroxylation sites is 4. The van der Waals surface area contributed by atoms with Gasteiger partial charge in [0.15, 0.2) is 0 Å². The molecule has 0 saturated heterocycles. The maximum Gasteiger partial charge on any atom is 0.252 e. The normalized spacial score (nSPS) is 16.1. The minimum Gasteiger partial charge on any atom is -0.311 e. The molecule has 11 aromatic carbocycles. The Balaban J connectivity index is 1.07. The van der Waals surface area contributed by atoms with Gasteiger partial charge in [-0.05, 0) is 178 Å². The third kappa shape index (κ3) is 9.72. The van der Waals surface area contributed by atoms with Crippen molar-refractivity contribution in [1.29, 1.82) is 0 Å². The Labute approximate surface area is 562 Å². The van der Waals surface area contributed by atoms with Gasteiger partial charge in [0.25, 0.3) is 6.71 Å². The average molecular weight is 1200 g/mol. The summed E-state index contributed by atoms with van der Waals surface area (Å²) in [5, 5.41) is -0.201. The second-order valence-corrected chi connectivity index (χ2v) is 30.0. The smallest absolute Gasteiger partial charge is 0.252 e. The highest BCUT2D eigenvalue weighted by atomic mass is 15.2. The quantitative estimate of drug-likeness (QED) is 0.154. The summed E-state index contributed by atoms with van der Waals surface area (Å²) in [6.07, 6.45) is 0. The van der Waals surface area contributed by atoms with Crippen LogP contribution in [0.2, 0.25) is 0 Å². The van der Waals surface area contributed by atoms with E-state index in [-0.39, 0.29) is 65.3 Å². The van der Waals surface area contributed by atoms with E-state index in [1.54, 1.807) is 9.13 Å². The molecule has 0 bridgehead atoms. The van der Waals surface area contributed by atoms with Crippen LogP contribution in [-0.2, 0) is 27.1 Å². The van der Waals surface area contributed by atoms with Crippen LogP contribution in [0, 0.1) is 0 Å². The molecule has 450 valence electrons. The second kappa shape index (κ2) is 20.6. The highest BCUT2D eigenvalue weighted by molar-refractivity contribution is 7.00. The maximum atomic E-state index is 9.63. The van der Waals surface area contributed by atoms with Crippen molar-refractivity contribution in [3.63, 3.8) is 0 Å². The van der Waals surface area contributed by atoms with Crippen molar-refractivity contribution >= 4 is 101 Å². The molecule has 0 fully saturated rings. The molecule has 0 amide bonds. The fourth-order valence-electron chi connectivity index (χ4n) is 13.5. The number of aromatic nitrogens is 2. The summed E-state index contributed by atoms with van der Waals surface area (Å²) in [5.74, 6) is 0. The molecule has 0 spiro atoms. The van der Waals surface area contributed by atoms with Gasteiger partial charge in [0.05, 0.1) is 44.0 Å². The average Bonchev–Trinajstić information content (AvgIpc) is 1.64. The largest absolute Gasteiger partial charge is 0.311 e. The molecule has 13 aromatic rings. The van der Waals surface area contributed by atoms with Crippen molar-refractivity contribution in [3.05, 3.63) is 258 Å². The van der Waals surface area contributed by atoms with E-state index >= 15 is 0 Å². The van der Waals surface area contributed by atoms with Crippen molar-refractivity contribution in [2.45, 2.75) is 131 Å². The molecular formula is C86H83BN4. The first-order chi connectivity index (χ1) is 49.9. The van der Waals surface area contributed by atoms with Crippen LogP contribution in [0.15, 0.2) is 230 Å². The molecule has 2 aliphatic rings. The molecule has 0 radical (unpaired) electrons. The predicted octanol–water partition coefficient (Wildman–Crippen LogP) is 21.8. The van der Waals surface area contributed by atoms with Gasteiger partial charge in [-0.3, -0.25) is 0 Å². The molecule has 2 aliphatic heterocycles. The van der Waals surface area contributed by atoms with Crippen molar-refractivity contribution in [1.82, 2.24) is 9.13 Å². The number of hydrogen-bond donors (Lipinski definition) is 0. The molecule has 91 heavy (non-hydrogen) atoms. The Morgan fingerprint density at radius 2 is 0.549 bits per heavy atom. The van der Waals surface area contributed by atoms with Crippen LogP contribution < -0.4 is 26.2 Å². The van der Waals surface area contributed by atoms with Crippen molar-refractivity contribution in [2.24, 2.45) is 0 Å². The van der Waals surface area contributed by atoms with Crippen LogP contribution in [-0.4, -0.2) is 15.8 Å². The first-order valence-corrected chi connectivity index (χ1v) is 31.5. The highest BCUT2D eigenvalue weighted by Crippen LogP contribution is 2.49. The molecule has 2 aromatic heterocycles. The van der Waals surface area contributed by atoms with Gasteiger partial charge < -0.3 is 18.9 Å². The third-order valence-electron chi connectivity index (χ3n) is 18.7. The van der Waals surface area contributed by atoms with E-state index in [9.17, 15) is 11.0 Å². The maximum absolute atomic E-state index is 9.63. The molecule has 4 heterocycles. The van der Waals surface area contributed by atoms with E-state index in [0.717, 1.165) is 67.0 Å². The van der Waals surface area contributed by atoms with Gasteiger partial charge >= 0.3 is 0 Å². The zero-order chi connectivity index (χ0) is 77.3.